The lowest BCUT2D eigenvalue weighted by Crippen LogP contribution is -2.49. The van der Waals surface area contributed by atoms with Crippen LogP contribution < -0.4 is 10.5 Å². The summed E-state index contributed by atoms with van der Waals surface area (Å²) in [5.41, 5.74) is 1.32. The van der Waals surface area contributed by atoms with E-state index >= 15 is 0 Å². The molecule has 3 aromatic carbocycles. The van der Waals surface area contributed by atoms with E-state index in [0.29, 0.717) is 48.2 Å². The van der Waals surface area contributed by atoms with E-state index in [0.717, 1.165) is 16.2 Å². The highest BCUT2D eigenvalue weighted by atomic mass is 79.9. The Bertz CT molecular complexity index is 1460. The molecule has 6 nitrogen and oxygen atoms in total. The second kappa shape index (κ2) is 9.58. The summed E-state index contributed by atoms with van der Waals surface area (Å²) in [5, 5.41) is 7.63. The number of fused-ring (bicyclic) bond motifs is 1. The minimum absolute atomic E-state index is 0.131. The molecule has 0 aliphatic carbocycles. The molecule has 1 saturated heterocycles. The number of carbonyl (C=O) groups is 1. The van der Waals surface area contributed by atoms with Crippen LogP contribution in [-0.2, 0) is 6.42 Å². The predicted molar refractivity (Wildman–Crippen MR) is 134 cm³/mol. The Kier molecular flexibility index (Phi) is 6.34. The van der Waals surface area contributed by atoms with Crippen molar-refractivity contribution in [1.82, 2.24) is 15.1 Å². The predicted octanol–water partition coefficient (Wildman–Crippen LogP) is 4.52. The molecule has 1 aliphatic heterocycles. The van der Waals surface area contributed by atoms with Crippen molar-refractivity contribution in [3.63, 3.8) is 0 Å². The maximum atomic E-state index is 14.7. The number of piperazine rings is 1. The van der Waals surface area contributed by atoms with Gasteiger partial charge < -0.3 is 9.80 Å². The van der Waals surface area contributed by atoms with Crippen molar-refractivity contribution in [3.05, 3.63) is 104 Å². The number of halogens is 3. The first kappa shape index (κ1) is 23.2. The minimum Gasteiger partial charge on any atom is -0.368 e. The number of hydrogen-bond acceptors (Lipinski definition) is 4. The number of aromatic amines is 1. The molecule has 0 radical (unpaired) electrons. The van der Waals surface area contributed by atoms with Gasteiger partial charge in [-0.15, -0.1) is 0 Å². The van der Waals surface area contributed by atoms with Gasteiger partial charge in [-0.2, -0.15) is 5.10 Å². The summed E-state index contributed by atoms with van der Waals surface area (Å²) in [7, 11) is 0. The number of amides is 1. The molecule has 5 rings (SSSR count). The molecule has 1 N–H and O–H groups in total. The highest BCUT2D eigenvalue weighted by Crippen LogP contribution is 2.24. The molecule has 0 atom stereocenters. The van der Waals surface area contributed by atoms with E-state index in [1.54, 1.807) is 29.2 Å². The summed E-state index contributed by atoms with van der Waals surface area (Å²) in [6, 6.07) is 17.3. The van der Waals surface area contributed by atoms with Crippen LogP contribution in [0.25, 0.3) is 10.8 Å². The first-order valence-corrected chi connectivity index (χ1v) is 11.9. The monoisotopic (exact) mass is 538 g/mol. The summed E-state index contributed by atoms with van der Waals surface area (Å²) in [4.78, 5) is 28.9. The topological polar surface area (TPSA) is 69.3 Å². The Morgan fingerprint density at radius 2 is 1.66 bits per heavy atom. The molecule has 0 saturated carbocycles. The Balaban J connectivity index is 1.37. The quantitative estimate of drug-likeness (QED) is 0.415. The Hall–Kier alpha value is -3.59. The van der Waals surface area contributed by atoms with E-state index in [2.05, 4.69) is 31.0 Å². The molecule has 0 spiro atoms. The van der Waals surface area contributed by atoms with Gasteiger partial charge in [0.15, 0.2) is 11.6 Å². The SMILES string of the molecule is O=C(c1cc(Cc2n[nH]c(=O)c3ccccc23)cc(F)c1F)N1CCN(c2ccc(Br)cc2)CC1. The van der Waals surface area contributed by atoms with Gasteiger partial charge in [0.25, 0.3) is 11.5 Å². The number of nitrogens with zero attached hydrogens (tertiary/aromatic N) is 3. The summed E-state index contributed by atoms with van der Waals surface area (Å²) >= 11 is 3.42. The number of nitrogens with one attached hydrogen (secondary N) is 1. The zero-order valence-electron chi connectivity index (χ0n) is 18.6. The van der Waals surface area contributed by atoms with Gasteiger partial charge in [-0.25, -0.2) is 13.9 Å². The zero-order valence-corrected chi connectivity index (χ0v) is 20.2. The average Bonchev–Trinajstić information content (AvgIpc) is 2.88. The van der Waals surface area contributed by atoms with E-state index < -0.39 is 17.5 Å². The van der Waals surface area contributed by atoms with Gasteiger partial charge in [-0.3, -0.25) is 9.59 Å². The molecule has 0 unspecified atom stereocenters. The Morgan fingerprint density at radius 3 is 2.37 bits per heavy atom. The molecular weight excluding hydrogens is 518 g/mol. The highest BCUT2D eigenvalue weighted by molar-refractivity contribution is 9.10. The molecule has 4 aromatic rings. The molecule has 1 aromatic heterocycles. The van der Waals surface area contributed by atoms with Crippen LogP contribution in [0.15, 0.2) is 69.9 Å². The second-order valence-corrected chi connectivity index (χ2v) is 9.33. The highest BCUT2D eigenvalue weighted by Gasteiger charge is 2.26. The van der Waals surface area contributed by atoms with Crippen LogP contribution in [0.5, 0.6) is 0 Å². The molecule has 178 valence electrons. The lowest BCUT2D eigenvalue weighted by molar-refractivity contribution is 0.0740. The molecule has 1 aliphatic rings. The summed E-state index contributed by atoms with van der Waals surface area (Å²) in [5.74, 6) is -2.79. The van der Waals surface area contributed by atoms with Crippen LogP contribution in [-0.4, -0.2) is 47.2 Å². The number of anilines is 1. The van der Waals surface area contributed by atoms with Crippen LogP contribution in [0.3, 0.4) is 0 Å². The third kappa shape index (κ3) is 4.68. The van der Waals surface area contributed by atoms with Gasteiger partial charge in [0.05, 0.1) is 16.6 Å². The van der Waals surface area contributed by atoms with Crippen molar-refractivity contribution in [2.75, 3.05) is 31.1 Å². The van der Waals surface area contributed by atoms with E-state index in [1.807, 2.05) is 24.3 Å². The summed E-state index contributed by atoms with van der Waals surface area (Å²) in [6.07, 6.45) is 0.131. The smallest absolute Gasteiger partial charge is 0.272 e. The van der Waals surface area contributed by atoms with Crippen molar-refractivity contribution in [1.29, 1.82) is 0 Å². The molecule has 0 bridgehead atoms. The van der Waals surface area contributed by atoms with E-state index in [-0.39, 0.29) is 17.5 Å². The maximum absolute atomic E-state index is 14.7. The van der Waals surface area contributed by atoms with Crippen molar-refractivity contribution in [2.45, 2.75) is 6.42 Å². The van der Waals surface area contributed by atoms with Gasteiger partial charge in [-0.05, 0) is 48.0 Å². The van der Waals surface area contributed by atoms with Crippen LogP contribution in [0, 0.1) is 11.6 Å². The number of benzene rings is 3. The third-order valence-corrected chi connectivity index (χ3v) is 6.75. The second-order valence-electron chi connectivity index (χ2n) is 8.42. The van der Waals surface area contributed by atoms with Gasteiger partial charge in [-0.1, -0.05) is 34.1 Å². The standard InChI is InChI=1S/C26H21BrF2N4O2/c27-17-5-7-18(8-6-17)32-9-11-33(12-10-32)26(35)21-13-16(14-22(28)24(21)29)15-23-19-3-1-2-4-20(19)25(34)31-30-23/h1-8,13-14H,9-12,15H2,(H,31,34). The van der Waals surface area contributed by atoms with Gasteiger partial charge in [0, 0.05) is 48.1 Å². The molecule has 2 heterocycles. The zero-order chi connectivity index (χ0) is 24.5. The van der Waals surface area contributed by atoms with Crippen LogP contribution in [0.1, 0.15) is 21.6 Å². The molecule has 1 fully saturated rings. The Labute approximate surface area is 208 Å². The largest absolute Gasteiger partial charge is 0.368 e. The van der Waals surface area contributed by atoms with Gasteiger partial charge in [0.2, 0.25) is 0 Å². The molecule has 9 heteroatoms. The third-order valence-electron chi connectivity index (χ3n) is 6.22. The number of H-pyrrole nitrogens is 1. The van der Waals surface area contributed by atoms with Crippen LogP contribution in [0.2, 0.25) is 0 Å². The first-order valence-electron chi connectivity index (χ1n) is 11.1. The number of hydrogen-bond donors (Lipinski definition) is 1. The van der Waals surface area contributed by atoms with Crippen molar-refractivity contribution in [2.24, 2.45) is 0 Å². The normalized spacial score (nSPS) is 13.9. The summed E-state index contributed by atoms with van der Waals surface area (Å²) in [6.45, 7) is 1.97. The maximum Gasteiger partial charge on any atom is 0.272 e. The number of carbonyl (C=O) groups excluding carboxylic acids is 1. The fourth-order valence-corrected chi connectivity index (χ4v) is 4.66. The van der Waals surface area contributed by atoms with Gasteiger partial charge >= 0.3 is 0 Å². The lowest BCUT2D eigenvalue weighted by Gasteiger charge is -2.36. The minimum atomic E-state index is -1.16. The van der Waals surface area contributed by atoms with E-state index in [9.17, 15) is 18.4 Å². The van der Waals surface area contributed by atoms with E-state index in [4.69, 9.17) is 0 Å². The Morgan fingerprint density at radius 1 is 0.971 bits per heavy atom. The van der Waals surface area contributed by atoms with Crippen LogP contribution >= 0.6 is 15.9 Å². The molecular formula is C26H21BrF2N4O2. The number of aromatic nitrogens is 2. The lowest BCUT2D eigenvalue weighted by atomic mass is 10.0. The molecule has 1 amide bonds. The first-order chi connectivity index (χ1) is 16.9. The van der Waals surface area contributed by atoms with Crippen molar-refractivity contribution >= 4 is 38.3 Å². The fraction of sp³-hybridized carbons (Fsp3) is 0.192. The van der Waals surface area contributed by atoms with Crippen molar-refractivity contribution < 1.29 is 13.6 Å². The van der Waals surface area contributed by atoms with Crippen LogP contribution in [0.4, 0.5) is 14.5 Å². The fourth-order valence-electron chi connectivity index (χ4n) is 4.39. The van der Waals surface area contributed by atoms with E-state index in [1.165, 1.54) is 6.07 Å². The van der Waals surface area contributed by atoms with Gasteiger partial charge in [0.1, 0.15) is 0 Å². The van der Waals surface area contributed by atoms with Crippen molar-refractivity contribution in [3.8, 4) is 0 Å². The molecule has 35 heavy (non-hydrogen) atoms. The summed E-state index contributed by atoms with van der Waals surface area (Å²) < 4.78 is 30.2. The average molecular weight is 539 g/mol. The number of rotatable bonds is 4.